The van der Waals surface area contributed by atoms with Gasteiger partial charge in [-0.15, -0.1) is 0 Å². The molecule has 0 amide bonds. The Morgan fingerprint density at radius 3 is 1.51 bits per heavy atom. The molecule has 0 unspecified atom stereocenters. The summed E-state index contributed by atoms with van der Waals surface area (Å²) in [6, 6.07) is 60.9. The minimum absolute atomic E-state index is 0.513. The number of para-hydroxylation sites is 3. The summed E-state index contributed by atoms with van der Waals surface area (Å²) in [5, 5.41) is 4.65. The maximum absolute atomic E-state index is 6.73. The van der Waals surface area contributed by atoms with E-state index in [2.05, 4.69) is 161 Å². The fraction of sp³-hybridized carbons (Fsp3) is 0. The van der Waals surface area contributed by atoms with Gasteiger partial charge in [-0.2, -0.15) is 4.98 Å². The third-order valence-corrected chi connectivity index (χ3v) is 9.65. The molecule has 4 aromatic heterocycles. The quantitative estimate of drug-likeness (QED) is 0.179. The van der Waals surface area contributed by atoms with Crippen molar-refractivity contribution in [1.82, 2.24) is 19.1 Å². The summed E-state index contributed by atoms with van der Waals surface area (Å²) < 4.78 is 11.2. The van der Waals surface area contributed by atoms with Crippen LogP contribution in [-0.4, -0.2) is 19.1 Å². The Kier molecular flexibility index (Phi) is 6.74. The van der Waals surface area contributed by atoms with Crippen molar-refractivity contribution in [2.75, 3.05) is 0 Å². The molecule has 5 heteroatoms. The number of hydrogen-bond donors (Lipinski definition) is 0. The number of nitrogens with zero attached hydrogens (tertiary/aromatic N) is 4. The number of aromatic nitrogens is 4. The predicted octanol–water partition coefficient (Wildman–Crippen LogP) is 11.8. The fourth-order valence-electron chi connectivity index (χ4n) is 7.36. The van der Waals surface area contributed by atoms with Crippen molar-refractivity contribution in [3.8, 4) is 45.5 Å². The zero-order valence-corrected chi connectivity index (χ0v) is 27.5. The average molecular weight is 655 g/mol. The number of benzene rings is 6. The Morgan fingerprint density at radius 1 is 0.373 bits per heavy atom. The second-order valence-electron chi connectivity index (χ2n) is 12.7. The van der Waals surface area contributed by atoms with Crippen molar-refractivity contribution in [2.45, 2.75) is 0 Å². The molecule has 0 radical (unpaired) electrons. The van der Waals surface area contributed by atoms with Crippen molar-refractivity contribution in [2.24, 2.45) is 0 Å². The molecule has 0 atom stereocenters. The zero-order chi connectivity index (χ0) is 33.7. The van der Waals surface area contributed by atoms with E-state index in [4.69, 9.17) is 14.7 Å². The number of ether oxygens (including phenoxy) is 1. The van der Waals surface area contributed by atoms with Crippen LogP contribution in [0.2, 0.25) is 0 Å². The van der Waals surface area contributed by atoms with Crippen molar-refractivity contribution in [3.05, 3.63) is 182 Å². The molecule has 5 nitrogen and oxygen atoms in total. The molecule has 0 saturated heterocycles. The highest BCUT2D eigenvalue weighted by Crippen LogP contribution is 2.38. The van der Waals surface area contributed by atoms with Gasteiger partial charge in [0.2, 0.25) is 5.88 Å². The molecule has 240 valence electrons. The van der Waals surface area contributed by atoms with Crippen LogP contribution in [0.3, 0.4) is 0 Å². The summed E-state index contributed by atoms with van der Waals surface area (Å²) in [6.07, 6.45) is 1.88. The minimum atomic E-state index is 0.513. The maximum atomic E-state index is 6.73. The Morgan fingerprint density at radius 2 is 0.882 bits per heavy atom. The van der Waals surface area contributed by atoms with Crippen LogP contribution in [0, 0.1) is 0 Å². The van der Waals surface area contributed by atoms with Gasteiger partial charge in [0, 0.05) is 39.9 Å². The summed E-state index contributed by atoms with van der Waals surface area (Å²) in [7, 11) is 0. The van der Waals surface area contributed by atoms with E-state index < -0.39 is 0 Å². The molecule has 0 aliphatic rings. The molecule has 51 heavy (non-hydrogen) atoms. The number of pyridine rings is 2. The zero-order valence-electron chi connectivity index (χ0n) is 27.5. The minimum Gasteiger partial charge on any atom is -0.439 e. The smallest absolute Gasteiger partial charge is 0.221 e. The third-order valence-electron chi connectivity index (χ3n) is 9.65. The van der Waals surface area contributed by atoms with Crippen LogP contribution in [-0.2, 0) is 0 Å². The van der Waals surface area contributed by atoms with E-state index in [1.807, 2.05) is 30.5 Å². The maximum Gasteiger partial charge on any atom is 0.221 e. The molecule has 0 fully saturated rings. The van der Waals surface area contributed by atoms with Crippen LogP contribution < -0.4 is 4.74 Å². The van der Waals surface area contributed by atoms with Gasteiger partial charge in [0.05, 0.1) is 22.1 Å². The second kappa shape index (κ2) is 11.9. The lowest BCUT2D eigenvalue weighted by Gasteiger charge is -2.13. The van der Waals surface area contributed by atoms with Crippen LogP contribution in [0.15, 0.2) is 182 Å². The van der Waals surface area contributed by atoms with Gasteiger partial charge in [0.1, 0.15) is 17.4 Å². The second-order valence-corrected chi connectivity index (χ2v) is 12.7. The SMILES string of the molecule is c1ccc(-c2ccnc(-n3c4ccccc4c4ccc(Oc5cc(-c6ccccc6)cc(-n6c7ccccc7c7ccccc76)n5)cc43)c2)cc1. The van der Waals surface area contributed by atoms with Gasteiger partial charge in [0.25, 0.3) is 0 Å². The summed E-state index contributed by atoms with van der Waals surface area (Å²) in [5.74, 6) is 2.84. The standard InChI is InChI=1S/C46H30N4O/c1-3-13-31(14-4-1)33-25-26-47-44(27-33)50-42-22-12-9-19-38(42)39-24-23-35(30-43(39)50)51-46-29-34(32-15-5-2-6-16-32)28-45(48-46)49-40-20-10-7-17-36(40)37-18-8-11-21-41(37)49/h1-30H. The van der Waals surface area contributed by atoms with Crippen LogP contribution in [0.1, 0.15) is 0 Å². The van der Waals surface area contributed by atoms with Crippen LogP contribution in [0.5, 0.6) is 11.6 Å². The van der Waals surface area contributed by atoms with Crippen LogP contribution in [0.25, 0.3) is 77.5 Å². The molecular formula is C46H30N4O. The van der Waals surface area contributed by atoms with Crippen molar-refractivity contribution < 1.29 is 4.74 Å². The average Bonchev–Trinajstić information content (AvgIpc) is 3.71. The lowest BCUT2D eigenvalue weighted by Crippen LogP contribution is -2.00. The molecule has 0 bridgehead atoms. The summed E-state index contributed by atoms with van der Waals surface area (Å²) in [6.45, 7) is 0. The molecule has 0 N–H and O–H groups in total. The third kappa shape index (κ3) is 4.94. The van der Waals surface area contributed by atoms with E-state index in [1.54, 1.807) is 0 Å². The number of hydrogen-bond acceptors (Lipinski definition) is 3. The van der Waals surface area contributed by atoms with Crippen molar-refractivity contribution in [1.29, 1.82) is 0 Å². The lowest BCUT2D eigenvalue weighted by atomic mass is 10.1. The normalized spacial score (nSPS) is 11.5. The fourth-order valence-corrected chi connectivity index (χ4v) is 7.36. The van der Waals surface area contributed by atoms with Gasteiger partial charge in [-0.3, -0.25) is 9.13 Å². The van der Waals surface area contributed by atoms with Gasteiger partial charge in [-0.05, 0) is 70.8 Å². The summed E-state index contributed by atoms with van der Waals surface area (Å²) >= 11 is 0. The number of fused-ring (bicyclic) bond motifs is 6. The van der Waals surface area contributed by atoms with E-state index in [0.717, 1.165) is 66.7 Å². The highest BCUT2D eigenvalue weighted by atomic mass is 16.5. The monoisotopic (exact) mass is 654 g/mol. The largest absolute Gasteiger partial charge is 0.439 e. The molecule has 6 aromatic carbocycles. The van der Waals surface area contributed by atoms with Gasteiger partial charge < -0.3 is 4.74 Å². The molecule has 10 aromatic rings. The molecule has 0 saturated carbocycles. The molecule has 0 aliphatic heterocycles. The van der Waals surface area contributed by atoms with Gasteiger partial charge in [0.15, 0.2) is 0 Å². The Balaban J connectivity index is 1.14. The van der Waals surface area contributed by atoms with Crippen LogP contribution in [0.4, 0.5) is 0 Å². The summed E-state index contributed by atoms with van der Waals surface area (Å²) in [4.78, 5) is 10.0. The Bertz CT molecular complexity index is 2840. The molecule has 10 rings (SSSR count). The first-order chi connectivity index (χ1) is 25.3. The summed E-state index contributed by atoms with van der Waals surface area (Å²) in [5.41, 5.74) is 8.65. The van der Waals surface area contributed by atoms with E-state index in [-0.39, 0.29) is 0 Å². The molecule has 4 heterocycles. The lowest BCUT2D eigenvalue weighted by molar-refractivity contribution is 0.463. The van der Waals surface area contributed by atoms with Crippen molar-refractivity contribution in [3.63, 3.8) is 0 Å². The highest BCUT2D eigenvalue weighted by molar-refractivity contribution is 6.10. The molecule has 0 spiro atoms. The molecular weight excluding hydrogens is 625 g/mol. The van der Waals surface area contributed by atoms with E-state index in [9.17, 15) is 0 Å². The predicted molar refractivity (Wildman–Crippen MR) is 208 cm³/mol. The van der Waals surface area contributed by atoms with Crippen LogP contribution >= 0.6 is 0 Å². The van der Waals surface area contributed by atoms with E-state index in [1.165, 1.54) is 10.8 Å². The van der Waals surface area contributed by atoms with Gasteiger partial charge >= 0.3 is 0 Å². The topological polar surface area (TPSA) is 44.9 Å². The first-order valence-electron chi connectivity index (χ1n) is 17.1. The van der Waals surface area contributed by atoms with E-state index >= 15 is 0 Å². The first kappa shape index (κ1) is 29.0. The Labute approximate surface area is 294 Å². The van der Waals surface area contributed by atoms with E-state index in [0.29, 0.717) is 11.6 Å². The van der Waals surface area contributed by atoms with Crippen molar-refractivity contribution >= 4 is 43.6 Å². The Hall–Kier alpha value is -6.98. The first-order valence-corrected chi connectivity index (χ1v) is 17.1. The number of rotatable bonds is 6. The molecule has 0 aliphatic carbocycles. The van der Waals surface area contributed by atoms with Gasteiger partial charge in [-0.1, -0.05) is 115 Å². The highest BCUT2D eigenvalue weighted by Gasteiger charge is 2.18. The van der Waals surface area contributed by atoms with Gasteiger partial charge in [-0.25, -0.2) is 4.98 Å².